The van der Waals surface area contributed by atoms with Crippen molar-refractivity contribution in [2.24, 2.45) is 0 Å². The van der Waals surface area contributed by atoms with Gasteiger partial charge in [-0.2, -0.15) is 0 Å². The minimum Gasteiger partial charge on any atom is -0.273 e. The van der Waals surface area contributed by atoms with Crippen LogP contribution in [0.4, 0.5) is 0 Å². The number of amides is 1. The van der Waals surface area contributed by atoms with Crippen LogP contribution in [-0.2, 0) is 24.7 Å². The van der Waals surface area contributed by atoms with Gasteiger partial charge in [-0.1, -0.05) is 0 Å². The molecule has 0 aromatic rings. The summed E-state index contributed by atoms with van der Waals surface area (Å²) in [6, 6.07) is 0. The van der Waals surface area contributed by atoms with Crippen molar-refractivity contribution in [3.8, 4) is 0 Å². The molecule has 1 amide bonds. The molecule has 0 aromatic carbocycles. The normalized spacial score (nSPS) is 12.5. The van der Waals surface area contributed by atoms with E-state index >= 15 is 0 Å². The van der Waals surface area contributed by atoms with Gasteiger partial charge in [0.2, 0.25) is 15.9 Å². The molecule has 0 aliphatic heterocycles. The van der Waals surface area contributed by atoms with Gasteiger partial charge in [0.05, 0.1) is 6.26 Å². The Morgan fingerprint density at radius 1 is 1.17 bits per heavy atom. The Labute approximate surface area is 70.9 Å². The maximum absolute atomic E-state index is 10.6. The van der Waals surface area contributed by atoms with Gasteiger partial charge in [-0.15, -0.1) is 0 Å². The molecular weight excluding hydrogens is 206 g/mol. The highest BCUT2D eigenvalue weighted by Gasteiger charge is 2.13. The number of rotatable bonds is 3. The SMILES string of the molecule is CS(=O)(=O)CC(=O)NS(C)(=O)=O. The zero-order valence-corrected chi connectivity index (χ0v) is 8.20. The first-order valence-electron chi connectivity index (χ1n) is 2.78. The van der Waals surface area contributed by atoms with E-state index in [0.717, 1.165) is 12.5 Å². The second-order valence-corrected chi connectivity index (χ2v) is 6.26. The van der Waals surface area contributed by atoms with Crippen LogP contribution in [0.3, 0.4) is 0 Å². The Bertz CT molecular complexity index is 328. The van der Waals surface area contributed by atoms with E-state index in [1.165, 1.54) is 4.72 Å². The van der Waals surface area contributed by atoms with Gasteiger partial charge in [-0.25, -0.2) is 16.8 Å². The maximum Gasteiger partial charge on any atom is 0.248 e. The first kappa shape index (κ1) is 11.4. The summed E-state index contributed by atoms with van der Waals surface area (Å²) in [5.74, 6) is -1.86. The van der Waals surface area contributed by atoms with Gasteiger partial charge in [0.25, 0.3) is 0 Å². The number of sulfonamides is 1. The third-order valence-corrected chi connectivity index (χ3v) is 2.08. The third-order valence-electron chi connectivity index (χ3n) is 0.693. The number of hydrogen-bond donors (Lipinski definition) is 1. The van der Waals surface area contributed by atoms with Gasteiger partial charge in [0.15, 0.2) is 9.84 Å². The lowest BCUT2D eigenvalue weighted by molar-refractivity contribution is -0.116. The Morgan fingerprint density at radius 2 is 1.58 bits per heavy atom. The molecule has 0 radical (unpaired) electrons. The van der Waals surface area contributed by atoms with Crippen LogP contribution in [0, 0.1) is 0 Å². The molecule has 0 saturated carbocycles. The predicted octanol–water partition coefficient (Wildman–Crippen LogP) is -1.89. The summed E-state index contributed by atoms with van der Waals surface area (Å²) in [6.45, 7) is 0. The largest absolute Gasteiger partial charge is 0.273 e. The molecular formula is C4H9NO5S2. The first-order chi connectivity index (χ1) is 5.10. The Morgan fingerprint density at radius 3 is 1.83 bits per heavy atom. The number of carbonyl (C=O) groups is 1. The quantitative estimate of drug-likeness (QED) is 0.593. The molecule has 6 nitrogen and oxygen atoms in total. The fourth-order valence-corrected chi connectivity index (χ4v) is 1.60. The van der Waals surface area contributed by atoms with E-state index in [0.29, 0.717) is 0 Å². The van der Waals surface area contributed by atoms with Crippen molar-refractivity contribution in [2.75, 3.05) is 18.3 Å². The van der Waals surface area contributed by atoms with Crippen LogP contribution in [0.25, 0.3) is 0 Å². The van der Waals surface area contributed by atoms with Crippen LogP contribution in [0.1, 0.15) is 0 Å². The molecule has 0 unspecified atom stereocenters. The smallest absolute Gasteiger partial charge is 0.248 e. The van der Waals surface area contributed by atoms with Crippen molar-refractivity contribution < 1.29 is 21.6 Å². The molecule has 0 aromatic heterocycles. The lowest BCUT2D eigenvalue weighted by Crippen LogP contribution is -2.34. The summed E-state index contributed by atoms with van der Waals surface area (Å²) in [5.41, 5.74) is 0. The lowest BCUT2D eigenvalue weighted by atomic mass is 10.8. The summed E-state index contributed by atoms with van der Waals surface area (Å²) in [5, 5.41) is 0. The fourth-order valence-electron chi connectivity index (χ4n) is 0.474. The van der Waals surface area contributed by atoms with Gasteiger partial charge in [0.1, 0.15) is 5.75 Å². The molecule has 0 fully saturated rings. The van der Waals surface area contributed by atoms with E-state index in [1.807, 2.05) is 0 Å². The topological polar surface area (TPSA) is 97.4 Å². The standard InChI is InChI=1S/C4H9NO5S2/c1-11(7,8)3-4(6)5-12(2,9)10/h3H2,1-2H3,(H,5,6). The minimum atomic E-state index is -3.66. The number of carbonyl (C=O) groups excluding carboxylic acids is 1. The Balaban J connectivity index is 4.30. The first-order valence-corrected chi connectivity index (χ1v) is 6.74. The molecule has 12 heavy (non-hydrogen) atoms. The molecule has 8 heteroatoms. The van der Waals surface area contributed by atoms with E-state index in [2.05, 4.69) is 0 Å². The van der Waals surface area contributed by atoms with Crippen LogP contribution >= 0.6 is 0 Å². The highest BCUT2D eigenvalue weighted by Crippen LogP contribution is 1.83. The van der Waals surface area contributed by atoms with Crippen molar-refractivity contribution in [2.45, 2.75) is 0 Å². The summed E-state index contributed by atoms with van der Waals surface area (Å²) >= 11 is 0. The van der Waals surface area contributed by atoms with Gasteiger partial charge in [0, 0.05) is 6.26 Å². The van der Waals surface area contributed by atoms with Crippen LogP contribution in [0.2, 0.25) is 0 Å². The number of nitrogens with one attached hydrogen (secondary N) is 1. The maximum atomic E-state index is 10.6. The summed E-state index contributed by atoms with van der Waals surface area (Å²) < 4.78 is 43.3. The average molecular weight is 215 g/mol. The van der Waals surface area contributed by atoms with E-state index < -0.39 is 31.5 Å². The molecule has 0 bridgehead atoms. The van der Waals surface area contributed by atoms with Gasteiger partial charge in [-0.3, -0.25) is 9.52 Å². The molecule has 0 atom stereocenters. The summed E-state index contributed by atoms with van der Waals surface area (Å²) in [6.07, 6.45) is 1.61. The minimum absolute atomic E-state index is 0.771. The van der Waals surface area contributed by atoms with Crippen molar-refractivity contribution in [3.05, 3.63) is 0 Å². The van der Waals surface area contributed by atoms with Gasteiger partial charge in [-0.05, 0) is 0 Å². The molecule has 0 rings (SSSR count). The van der Waals surface area contributed by atoms with Gasteiger partial charge < -0.3 is 0 Å². The molecule has 0 aliphatic rings. The molecule has 0 heterocycles. The highest BCUT2D eigenvalue weighted by molar-refractivity contribution is 7.92. The summed E-state index contributed by atoms with van der Waals surface area (Å²) in [4.78, 5) is 10.6. The zero-order valence-electron chi connectivity index (χ0n) is 6.56. The zero-order chi connectivity index (χ0) is 9.99. The van der Waals surface area contributed by atoms with Crippen molar-refractivity contribution >= 4 is 25.8 Å². The van der Waals surface area contributed by atoms with E-state index in [9.17, 15) is 21.6 Å². The van der Waals surface area contributed by atoms with Crippen molar-refractivity contribution in [1.82, 2.24) is 4.72 Å². The van der Waals surface area contributed by atoms with Crippen molar-refractivity contribution in [1.29, 1.82) is 0 Å². The van der Waals surface area contributed by atoms with Crippen LogP contribution < -0.4 is 4.72 Å². The van der Waals surface area contributed by atoms with Crippen molar-refractivity contribution in [3.63, 3.8) is 0 Å². The molecule has 1 N–H and O–H groups in total. The number of sulfone groups is 1. The van der Waals surface area contributed by atoms with E-state index in [1.54, 1.807) is 0 Å². The van der Waals surface area contributed by atoms with Gasteiger partial charge >= 0.3 is 0 Å². The van der Waals surface area contributed by atoms with Crippen LogP contribution in [0.15, 0.2) is 0 Å². The summed E-state index contributed by atoms with van der Waals surface area (Å²) in [7, 11) is -7.13. The second-order valence-electron chi connectivity index (χ2n) is 2.37. The van der Waals surface area contributed by atoms with Crippen LogP contribution in [-0.4, -0.2) is 41.0 Å². The molecule has 0 aliphatic carbocycles. The Kier molecular flexibility index (Phi) is 3.22. The fraction of sp³-hybridized carbons (Fsp3) is 0.750. The van der Waals surface area contributed by atoms with E-state index in [-0.39, 0.29) is 0 Å². The monoisotopic (exact) mass is 215 g/mol. The molecule has 0 spiro atoms. The highest BCUT2D eigenvalue weighted by atomic mass is 32.2. The lowest BCUT2D eigenvalue weighted by Gasteiger charge is -1.99. The Hall–Kier alpha value is -0.630. The molecule has 0 saturated heterocycles. The van der Waals surface area contributed by atoms with Crippen LogP contribution in [0.5, 0.6) is 0 Å². The van der Waals surface area contributed by atoms with E-state index in [4.69, 9.17) is 0 Å². The number of hydrogen-bond acceptors (Lipinski definition) is 5. The average Bonchev–Trinajstić information content (AvgIpc) is 1.49. The molecule has 72 valence electrons. The predicted molar refractivity (Wildman–Crippen MR) is 42.7 cm³/mol. The second kappa shape index (κ2) is 3.40. The third kappa shape index (κ3) is 7.48.